The second kappa shape index (κ2) is 7.91. The molecule has 3 aromatic rings. The molecule has 0 radical (unpaired) electrons. The average Bonchev–Trinajstić information content (AvgIpc) is 3.25. The number of piperidine rings is 1. The highest BCUT2D eigenvalue weighted by molar-refractivity contribution is 5.62. The Kier molecular flexibility index (Phi) is 5.32. The van der Waals surface area contributed by atoms with Crippen molar-refractivity contribution in [1.29, 1.82) is 0 Å². The van der Waals surface area contributed by atoms with E-state index in [1.54, 1.807) is 12.4 Å². The molecule has 3 N–H and O–H groups in total. The molecule has 1 unspecified atom stereocenters. The minimum absolute atomic E-state index is 0.277. The van der Waals surface area contributed by atoms with Gasteiger partial charge in [-0.1, -0.05) is 43.3 Å². The van der Waals surface area contributed by atoms with Gasteiger partial charge in [-0.25, -0.2) is 9.97 Å². The van der Waals surface area contributed by atoms with Crippen LogP contribution in [0.15, 0.2) is 41.2 Å². The summed E-state index contributed by atoms with van der Waals surface area (Å²) in [5, 5.41) is 7.79. The van der Waals surface area contributed by atoms with Crippen LogP contribution in [0.4, 0.5) is 5.95 Å². The SMILES string of the molecule is CC(C)C(C)(c1ccc(-c2cnc(N)nc2)cc1)c1noc(C2CCNCC2)n1. The van der Waals surface area contributed by atoms with E-state index < -0.39 is 0 Å². The molecule has 7 nitrogen and oxygen atoms in total. The Labute approximate surface area is 171 Å². The monoisotopic (exact) mass is 392 g/mol. The molecule has 0 aliphatic carbocycles. The first kappa shape index (κ1) is 19.5. The van der Waals surface area contributed by atoms with Crippen LogP contribution in [0.3, 0.4) is 0 Å². The van der Waals surface area contributed by atoms with Gasteiger partial charge in [0.2, 0.25) is 11.8 Å². The minimum Gasteiger partial charge on any atom is -0.368 e. The van der Waals surface area contributed by atoms with Crippen molar-refractivity contribution in [1.82, 2.24) is 25.4 Å². The fourth-order valence-electron chi connectivity index (χ4n) is 3.90. The van der Waals surface area contributed by atoms with Gasteiger partial charge in [-0.3, -0.25) is 0 Å². The highest BCUT2D eigenvalue weighted by Crippen LogP contribution is 2.39. The van der Waals surface area contributed by atoms with E-state index in [2.05, 4.69) is 65.5 Å². The third kappa shape index (κ3) is 3.74. The zero-order chi connectivity index (χ0) is 20.4. The first-order chi connectivity index (χ1) is 14.0. The summed E-state index contributed by atoms with van der Waals surface area (Å²) < 4.78 is 5.71. The van der Waals surface area contributed by atoms with Crippen molar-refractivity contribution in [3.63, 3.8) is 0 Å². The molecule has 0 amide bonds. The number of nitrogens with zero attached hydrogens (tertiary/aromatic N) is 4. The molecule has 1 aromatic carbocycles. The van der Waals surface area contributed by atoms with Gasteiger partial charge in [0.05, 0.1) is 5.41 Å². The molecular formula is C22H28N6O. The maximum absolute atomic E-state index is 5.71. The summed E-state index contributed by atoms with van der Waals surface area (Å²) in [5.74, 6) is 2.45. The summed E-state index contributed by atoms with van der Waals surface area (Å²) in [6, 6.07) is 8.43. The van der Waals surface area contributed by atoms with Crippen LogP contribution in [0.2, 0.25) is 0 Å². The lowest BCUT2D eigenvalue weighted by Crippen LogP contribution is -2.31. The topological polar surface area (TPSA) is 103 Å². The van der Waals surface area contributed by atoms with Gasteiger partial charge in [-0.2, -0.15) is 4.98 Å². The molecule has 4 rings (SSSR count). The Morgan fingerprint density at radius 1 is 1.07 bits per heavy atom. The number of nitrogens with one attached hydrogen (secondary N) is 1. The third-order valence-electron chi connectivity index (χ3n) is 6.24. The summed E-state index contributed by atoms with van der Waals surface area (Å²) in [5.41, 5.74) is 8.39. The maximum atomic E-state index is 5.71. The molecule has 1 saturated heterocycles. The van der Waals surface area contributed by atoms with Gasteiger partial charge >= 0.3 is 0 Å². The van der Waals surface area contributed by atoms with Gasteiger partial charge in [-0.05, 0) is 49.9 Å². The molecule has 0 saturated carbocycles. The van der Waals surface area contributed by atoms with Crippen molar-refractivity contribution in [3.8, 4) is 11.1 Å². The van der Waals surface area contributed by atoms with Crippen molar-refractivity contribution in [2.75, 3.05) is 18.8 Å². The number of rotatable bonds is 5. The van der Waals surface area contributed by atoms with Crippen LogP contribution in [0.5, 0.6) is 0 Å². The Bertz CT molecular complexity index is 944. The van der Waals surface area contributed by atoms with Crippen LogP contribution >= 0.6 is 0 Å². The Morgan fingerprint density at radius 3 is 2.34 bits per heavy atom. The summed E-state index contributed by atoms with van der Waals surface area (Å²) in [7, 11) is 0. The third-order valence-corrected chi connectivity index (χ3v) is 6.24. The second-order valence-corrected chi connectivity index (χ2v) is 8.24. The molecule has 3 heterocycles. The number of nitrogens with two attached hydrogens (primary N) is 1. The normalized spacial score (nSPS) is 17.4. The highest BCUT2D eigenvalue weighted by Gasteiger charge is 2.38. The van der Waals surface area contributed by atoms with E-state index in [-0.39, 0.29) is 11.4 Å². The first-order valence-corrected chi connectivity index (χ1v) is 10.2. The van der Waals surface area contributed by atoms with E-state index in [1.807, 2.05) is 0 Å². The second-order valence-electron chi connectivity index (χ2n) is 8.24. The van der Waals surface area contributed by atoms with Gasteiger partial charge in [-0.15, -0.1) is 0 Å². The summed E-state index contributed by atoms with van der Waals surface area (Å²) in [6.45, 7) is 8.58. The van der Waals surface area contributed by atoms with Gasteiger partial charge in [0.15, 0.2) is 5.82 Å². The molecule has 0 spiro atoms. The molecular weight excluding hydrogens is 364 g/mol. The van der Waals surface area contributed by atoms with Crippen LogP contribution < -0.4 is 11.1 Å². The van der Waals surface area contributed by atoms with Crippen molar-refractivity contribution >= 4 is 5.95 Å². The Hall–Kier alpha value is -2.80. The lowest BCUT2D eigenvalue weighted by Gasteiger charge is -2.31. The van der Waals surface area contributed by atoms with Gasteiger partial charge in [0.25, 0.3) is 0 Å². The van der Waals surface area contributed by atoms with Crippen LogP contribution in [0, 0.1) is 5.92 Å². The van der Waals surface area contributed by atoms with Crippen molar-refractivity contribution < 1.29 is 4.52 Å². The van der Waals surface area contributed by atoms with Crippen LogP contribution in [0.1, 0.15) is 56.8 Å². The molecule has 152 valence electrons. The smallest absolute Gasteiger partial charge is 0.229 e. The maximum Gasteiger partial charge on any atom is 0.229 e. The summed E-state index contributed by atoms with van der Waals surface area (Å²) >= 11 is 0. The van der Waals surface area contributed by atoms with E-state index in [0.717, 1.165) is 54.3 Å². The number of aromatic nitrogens is 4. The molecule has 1 aliphatic rings. The lowest BCUT2D eigenvalue weighted by atomic mass is 9.72. The van der Waals surface area contributed by atoms with Crippen LogP contribution in [0.25, 0.3) is 11.1 Å². The van der Waals surface area contributed by atoms with E-state index >= 15 is 0 Å². The van der Waals surface area contributed by atoms with Gasteiger partial charge < -0.3 is 15.6 Å². The fraction of sp³-hybridized carbons (Fsp3) is 0.455. The number of anilines is 1. The molecule has 1 fully saturated rings. The van der Waals surface area contributed by atoms with E-state index in [9.17, 15) is 0 Å². The highest BCUT2D eigenvalue weighted by atomic mass is 16.5. The number of hydrogen-bond donors (Lipinski definition) is 2. The first-order valence-electron chi connectivity index (χ1n) is 10.2. The standard InChI is InChI=1S/C22H28N6O/c1-14(2)22(3,20-27-19(29-28-20)16-8-10-24-11-9-16)18-6-4-15(5-7-18)17-12-25-21(23)26-13-17/h4-7,12-14,16,24H,8-11H2,1-3H3,(H2,23,25,26). The fourth-order valence-corrected chi connectivity index (χ4v) is 3.90. The lowest BCUT2D eigenvalue weighted by molar-refractivity contribution is 0.307. The van der Waals surface area contributed by atoms with Gasteiger partial charge in [0.1, 0.15) is 0 Å². The molecule has 29 heavy (non-hydrogen) atoms. The number of hydrogen-bond acceptors (Lipinski definition) is 7. The van der Waals surface area contributed by atoms with Gasteiger partial charge in [0, 0.05) is 23.9 Å². The zero-order valence-corrected chi connectivity index (χ0v) is 17.2. The van der Waals surface area contributed by atoms with Crippen LogP contribution in [-0.4, -0.2) is 33.2 Å². The quantitative estimate of drug-likeness (QED) is 0.684. The molecule has 1 atom stereocenters. The van der Waals surface area contributed by atoms with Crippen LogP contribution in [-0.2, 0) is 5.41 Å². The van der Waals surface area contributed by atoms with E-state index in [0.29, 0.717) is 11.8 Å². The van der Waals surface area contributed by atoms with E-state index in [1.165, 1.54) is 0 Å². The Morgan fingerprint density at radius 2 is 1.72 bits per heavy atom. The average molecular weight is 393 g/mol. The predicted molar refractivity (Wildman–Crippen MR) is 112 cm³/mol. The summed E-state index contributed by atoms with van der Waals surface area (Å²) in [4.78, 5) is 13.0. The zero-order valence-electron chi connectivity index (χ0n) is 17.2. The van der Waals surface area contributed by atoms with Crippen molar-refractivity contribution in [2.24, 2.45) is 5.92 Å². The predicted octanol–water partition coefficient (Wildman–Crippen LogP) is 3.54. The minimum atomic E-state index is -0.342. The largest absolute Gasteiger partial charge is 0.368 e. The number of nitrogen functional groups attached to an aromatic ring is 1. The summed E-state index contributed by atoms with van der Waals surface area (Å²) in [6.07, 6.45) is 5.56. The molecule has 1 aliphatic heterocycles. The molecule has 2 aromatic heterocycles. The Balaban J connectivity index is 1.64. The number of benzene rings is 1. The van der Waals surface area contributed by atoms with Crippen molar-refractivity contribution in [2.45, 2.75) is 44.9 Å². The molecule has 7 heteroatoms. The van der Waals surface area contributed by atoms with E-state index in [4.69, 9.17) is 15.2 Å². The van der Waals surface area contributed by atoms with Crippen molar-refractivity contribution in [3.05, 3.63) is 53.9 Å². The molecule has 0 bridgehead atoms.